The van der Waals surface area contributed by atoms with Gasteiger partial charge >= 0.3 is 0 Å². The second kappa shape index (κ2) is 7.43. The van der Waals surface area contributed by atoms with Gasteiger partial charge in [-0.15, -0.1) is 6.42 Å². The SMILES string of the molecule is C#C[C@H]1c2cc(F)ccc2N(S(=O)(=O)c2ccc(C)cc2)C(=O)[C@@H]1c1ccccc1. The van der Waals surface area contributed by atoms with E-state index in [4.69, 9.17) is 6.42 Å². The fourth-order valence-electron chi connectivity index (χ4n) is 3.77. The van der Waals surface area contributed by atoms with Crippen molar-refractivity contribution in [1.82, 2.24) is 0 Å². The number of carbonyl (C=O) groups is 1. The van der Waals surface area contributed by atoms with Crippen molar-refractivity contribution >= 4 is 21.6 Å². The summed E-state index contributed by atoms with van der Waals surface area (Å²) in [6.07, 6.45) is 5.75. The van der Waals surface area contributed by atoms with E-state index in [9.17, 15) is 17.6 Å². The van der Waals surface area contributed by atoms with Gasteiger partial charge in [0, 0.05) is 0 Å². The van der Waals surface area contributed by atoms with Crippen molar-refractivity contribution in [3.63, 3.8) is 0 Å². The van der Waals surface area contributed by atoms with Gasteiger partial charge in [-0.3, -0.25) is 4.79 Å². The van der Waals surface area contributed by atoms with Crippen LogP contribution in [-0.2, 0) is 14.8 Å². The minimum atomic E-state index is -4.23. The van der Waals surface area contributed by atoms with Gasteiger partial charge in [0.2, 0.25) is 5.91 Å². The molecule has 0 aromatic heterocycles. The van der Waals surface area contributed by atoms with E-state index in [2.05, 4.69) is 5.92 Å². The average Bonchev–Trinajstić information content (AvgIpc) is 2.73. The lowest BCUT2D eigenvalue weighted by atomic mass is 9.78. The second-order valence-corrected chi connectivity index (χ2v) is 8.94. The van der Waals surface area contributed by atoms with Gasteiger partial charge in [-0.05, 0) is 48.4 Å². The zero-order chi connectivity index (χ0) is 21.5. The van der Waals surface area contributed by atoms with E-state index in [-0.39, 0.29) is 10.6 Å². The van der Waals surface area contributed by atoms with E-state index in [0.29, 0.717) is 11.1 Å². The third-order valence-corrected chi connectivity index (χ3v) is 6.97. The molecule has 0 unspecified atom stereocenters. The lowest BCUT2D eigenvalue weighted by Gasteiger charge is -2.37. The summed E-state index contributed by atoms with van der Waals surface area (Å²) in [4.78, 5) is 13.6. The summed E-state index contributed by atoms with van der Waals surface area (Å²) in [5.41, 5.74) is 1.83. The molecule has 0 N–H and O–H groups in total. The molecule has 0 bridgehead atoms. The number of carbonyl (C=O) groups excluding carboxylic acids is 1. The highest BCUT2D eigenvalue weighted by Gasteiger charge is 2.46. The first-order chi connectivity index (χ1) is 14.3. The molecule has 30 heavy (non-hydrogen) atoms. The van der Waals surface area contributed by atoms with Crippen molar-refractivity contribution in [2.24, 2.45) is 0 Å². The molecule has 1 amide bonds. The minimum absolute atomic E-state index is 0.0253. The van der Waals surface area contributed by atoms with Crippen LogP contribution in [0.5, 0.6) is 0 Å². The Morgan fingerprint density at radius 1 is 1.00 bits per heavy atom. The average molecular weight is 419 g/mol. The molecule has 0 saturated carbocycles. The Kier molecular flexibility index (Phi) is 4.92. The van der Waals surface area contributed by atoms with E-state index in [1.807, 2.05) is 6.92 Å². The van der Waals surface area contributed by atoms with Gasteiger partial charge < -0.3 is 0 Å². The van der Waals surface area contributed by atoms with Crippen molar-refractivity contribution in [3.05, 3.63) is 95.3 Å². The molecule has 3 aromatic rings. The highest BCUT2D eigenvalue weighted by molar-refractivity contribution is 7.93. The summed E-state index contributed by atoms with van der Waals surface area (Å²) in [7, 11) is -4.23. The summed E-state index contributed by atoms with van der Waals surface area (Å²) < 4.78 is 41.8. The van der Waals surface area contributed by atoms with Crippen molar-refractivity contribution in [1.29, 1.82) is 0 Å². The van der Waals surface area contributed by atoms with Gasteiger partial charge in [-0.1, -0.05) is 53.9 Å². The molecule has 0 saturated heterocycles. The van der Waals surface area contributed by atoms with E-state index in [0.717, 1.165) is 15.9 Å². The van der Waals surface area contributed by atoms with Gasteiger partial charge in [-0.2, -0.15) is 0 Å². The van der Waals surface area contributed by atoms with E-state index < -0.39 is 33.6 Å². The topological polar surface area (TPSA) is 54.5 Å². The molecule has 0 aliphatic carbocycles. The zero-order valence-electron chi connectivity index (χ0n) is 16.1. The van der Waals surface area contributed by atoms with Gasteiger partial charge in [0.1, 0.15) is 5.82 Å². The number of rotatable bonds is 3. The lowest BCUT2D eigenvalue weighted by molar-refractivity contribution is -0.119. The monoisotopic (exact) mass is 419 g/mol. The highest BCUT2D eigenvalue weighted by atomic mass is 32.2. The van der Waals surface area contributed by atoms with Gasteiger partial charge in [0.25, 0.3) is 10.0 Å². The highest BCUT2D eigenvalue weighted by Crippen LogP contribution is 2.46. The number of fused-ring (bicyclic) bond motifs is 1. The number of amides is 1. The van der Waals surface area contributed by atoms with Crippen LogP contribution >= 0.6 is 0 Å². The second-order valence-electron chi connectivity index (χ2n) is 7.16. The fourth-order valence-corrected chi connectivity index (χ4v) is 5.24. The molecule has 4 rings (SSSR count). The molecule has 1 aliphatic heterocycles. The van der Waals surface area contributed by atoms with E-state index >= 15 is 0 Å². The Bertz CT molecular complexity index is 1260. The number of terminal acetylenes is 1. The maximum Gasteiger partial charge on any atom is 0.270 e. The molecular weight excluding hydrogens is 401 g/mol. The molecule has 0 spiro atoms. The number of halogens is 1. The molecule has 0 radical (unpaired) electrons. The number of sulfonamides is 1. The van der Waals surface area contributed by atoms with Crippen LogP contribution in [0.2, 0.25) is 0 Å². The quantitative estimate of drug-likeness (QED) is 0.593. The number of nitrogens with zero attached hydrogens (tertiary/aromatic N) is 1. The third-order valence-electron chi connectivity index (χ3n) is 5.24. The molecule has 1 heterocycles. The Morgan fingerprint density at radius 2 is 1.67 bits per heavy atom. The van der Waals surface area contributed by atoms with Crippen molar-refractivity contribution < 1.29 is 17.6 Å². The number of anilines is 1. The Balaban J connectivity index is 1.97. The van der Waals surface area contributed by atoms with E-state index in [1.165, 1.54) is 24.3 Å². The molecule has 4 nitrogen and oxygen atoms in total. The van der Waals surface area contributed by atoms with Crippen molar-refractivity contribution in [2.45, 2.75) is 23.7 Å². The number of hydrogen-bond donors (Lipinski definition) is 0. The summed E-state index contributed by atoms with van der Waals surface area (Å²) >= 11 is 0. The molecule has 6 heteroatoms. The summed E-state index contributed by atoms with van der Waals surface area (Å²) in [6.45, 7) is 1.84. The molecule has 3 aromatic carbocycles. The van der Waals surface area contributed by atoms with Gasteiger partial charge in [0.05, 0.1) is 22.4 Å². The van der Waals surface area contributed by atoms with Crippen molar-refractivity contribution in [3.8, 4) is 12.3 Å². The predicted octanol–water partition coefficient (Wildman–Crippen LogP) is 4.37. The van der Waals surface area contributed by atoms with Crippen LogP contribution in [0.25, 0.3) is 0 Å². The van der Waals surface area contributed by atoms with E-state index in [1.54, 1.807) is 42.5 Å². The lowest BCUT2D eigenvalue weighted by Crippen LogP contribution is -2.45. The van der Waals surface area contributed by atoms with Crippen LogP contribution in [0, 0.1) is 25.1 Å². The molecule has 0 fully saturated rings. The molecule has 150 valence electrons. The van der Waals surface area contributed by atoms with Crippen LogP contribution < -0.4 is 4.31 Å². The van der Waals surface area contributed by atoms with Crippen LogP contribution in [0.3, 0.4) is 0 Å². The Labute approximate surface area is 175 Å². The fraction of sp³-hybridized carbons (Fsp3) is 0.125. The Morgan fingerprint density at radius 3 is 2.30 bits per heavy atom. The largest absolute Gasteiger partial charge is 0.273 e. The minimum Gasteiger partial charge on any atom is -0.273 e. The maximum atomic E-state index is 14.1. The predicted molar refractivity (Wildman–Crippen MR) is 113 cm³/mol. The molecule has 2 atom stereocenters. The maximum absolute atomic E-state index is 14.1. The first-order valence-corrected chi connectivity index (χ1v) is 10.7. The van der Waals surface area contributed by atoms with Crippen LogP contribution in [0.15, 0.2) is 77.7 Å². The number of aryl methyl sites for hydroxylation is 1. The summed E-state index contributed by atoms with van der Waals surface area (Å²) in [5.74, 6) is -0.389. The smallest absolute Gasteiger partial charge is 0.270 e. The first kappa shape index (κ1) is 19.9. The summed E-state index contributed by atoms with van der Waals surface area (Å²) in [5, 5.41) is 0. The number of hydrogen-bond acceptors (Lipinski definition) is 3. The van der Waals surface area contributed by atoms with Crippen LogP contribution in [0.4, 0.5) is 10.1 Å². The molecule has 1 aliphatic rings. The van der Waals surface area contributed by atoms with Gasteiger partial charge in [-0.25, -0.2) is 17.1 Å². The number of benzene rings is 3. The molecular formula is C24H18FNO3S. The van der Waals surface area contributed by atoms with Crippen LogP contribution in [0.1, 0.15) is 28.5 Å². The van der Waals surface area contributed by atoms with Gasteiger partial charge in [0.15, 0.2) is 0 Å². The first-order valence-electron chi connectivity index (χ1n) is 9.31. The Hall–Kier alpha value is -3.43. The summed E-state index contributed by atoms with van der Waals surface area (Å²) in [6, 6.07) is 18.6. The zero-order valence-corrected chi connectivity index (χ0v) is 16.9. The standard InChI is InChI=1S/C24H18FNO3S/c1-3-20-21-15-18(25)11-14-22(21)26(24(27)23(20)17-7-5-4-6-8-17)30(28,29)19-12-9-16(2)10-13-19/h1,4-15,20,23H,2H3/t20-,23+/m0/s1. The van der Waals surface area contributed by atoms with Crippen LogP contribution in [-0.4, -0.2) is 14.3 Å². The normalized spacial score (nSPS) is 18.6. The van der Waals surface area contributed by atoms with Crippen molar-refractivity contribution in [2.75, 3.05) is 4.31 Å². The third kappa shape index (κ3) is 3.17.